The largest absolute Gasteiger partial charge is 0.452 e. The lowest BCUT2D eigenvalue weighted by atomic mass is 10.1. The van der Waals surface area contributed by atoms with Gasteiger partial charge in [0.2, 0.25) is 10.0 Å². The van der Waals surface area contributed by atoms with Gasteiger partial charge in [-0.15, -0.1) is 0 Å². The van der Waals surface area contributed by atoms with Crippen molar-refractivity contribution >= 4 is 27.9 Å². The van der Waals surface area contributed by atoms with Gasteiger partial charge in [0.15, 0.2) is 6.61 Å². The van der Waals surface area contributed by atoms with E-state index in [1.807, 2.05) is 5.32 Å². The summed E-state index contributed by atoms with van der Waals surface area (Å²) in [6, 6.07) is 3.48. The fourth-order valence-electron chi connectivity index (χ4n) is 2.94. The number of rotatable bonds is 8. The summed E-state index contributed by atoms with van der Waals surface area (Å²) in [5, 5.41) is 4.40. The molecule has 1 heterocycles. The number of amides is 3. The molecule has 1 aromatic rings. The Morgan fingerprint density at radius 1 is 1.13 bits per heavy atom. The lowest BCUT2D eigenvalue weighted by molar-refractivity contribution is -0.123. The van der Waals surface area contributed by atoms with E-state index in [-0.39, 0.29) is 23.6 Å². The van der Waals surface area contributed by atoms with E-state index in [1.165, 1.54) is 29.6 Å². The number of carbonyl (C=O) groups is 3. The lowest BCUT2D eigenvalue weighted by Crippen LogP contribution is -2.42. The Morgan fingerprint density at radius 2 is 1.83 bits per heavy atom. The van der Waals surface area contributed by atoms with Crippen LogP contribution in [0.25, 0.3) is 0 Å². The molecule has 10 nitrogen and oxygen atoms in total. The Bertz CT molecular complexity index is 880. The van der Waals surface area contributed by atoms with Crippen molar-refractivity contribution in [1.82, 2.24) is 14.9 Å². The number of benzene rings is 1. The number of piperidine rings is 1. The summed E-state index contributed by atoms with van der Waals surface area (Å²) in [5.74, 6) is -1.67. The molecule has 1 aliphatic rings. The standard InChI is InChI=1S/C19H27N3O7S/c1-14-6-7-15(12-16(14)30(26,27)22-9-4-3-5-10-22)18(24)29-13-17(23)21-19(25)20-8-11-28-2/h6-7,12H,3-5,8-11,13H2,1-2H3,(H2,20,21,23,25). The zero-order chi connectivity index (χ0) is 22.1. The van der Waals surface area contributed by atoms with E-state index in [9.17, 15) is 22.8 Å². The first-order valence-corrected chi connectivity index (χ1v) is 11.0. The van der Waals surface area contributed by atoms with E-state index in [2.05, 4.69) is 5.32 Å². The molecule has 0 aromatic heterocycles. The van der Waals surface area contributed by atoms with Gasteiger partial charge in [0.25, 0.3) is 5.91 Å². The van der Waals surface area contributed by atoms with Crippen molar-refractivity contribution in [3.63, 3.8) is 0 Å². The van der Waals surface area contributed by atoms with Crippen LogP contribution in [0.4, 0.5) is 4.79 Å². The van der Waals surface area contributed by atoms with E-state index < -0.39 is 34.5 Å². The summed E-state index contributed by atoms with van der Waals surface area (Å²) in [6.07, 6.45) is 2.59. The Labute approximate surface area is 176 Å². The summed E-state index contributed by atoms with van der Waals surface area (Å²) in [4.78, 5) is 35.5. The highest BCUT2D eigenvalue weighted by molar-refractivity contribution is 7.89. The molecule has 0 bridgehead atoms. The molecule has 1 aromatic carbocycles. The summed E-state index contributed by atoms with van der Waals surface area (Å²) in [7, 11) is -2.25. The number of urea groups is 1. The van der Waals surface area contributed by atoms with Crippen molar-refractivity contribution in [2.75, 3.05) is 40.0 Å². The molecule has 166 valence electrons. The van der Waals surface area contributed by atoms with Crippen LogP contribution in [0.5, 0.6) is 0 Å². The predicted octanol–water partition coefficient (Wildman–Crippen LogP) is 0.799. The molecule has 0 radical (unpaired) electrons. The summed E-state index contributed by atoms with van der Waals surface area (Å²) in [5.41, 5.74) is 0.524. The molecule has 1 saturated heterocycles. The Hall–Kier alpha value is -2.50. The van der Waals surface area contributed by atoms with Gasteiger partial charge in [-0.05, 0) is 37.5 Å². The first-order chi connectivity index (χ1) is 14.3. The minimum atomic E-state index is -3.72. The Morgan fingerprint density at radius 3 is 2.50 bits per heavy atom. The molecule has 30 heavy (non-hydrogen) atoms. The van der Waals surface area contributed by atoms with E-state index >= 15 is 0 Å². The quantitative estimate of drug-likeness (QED) is 0.451. The van der Waals surface area contributed by atoms with Crippen molar-refractivity contribution in [1.29, 1.82) is 0 Å². The van der Waals surface area contributed by atoms with Gasteiger partial charge in [-0.2, -0.15) is 4.31 Å². The van der Waals surface area contributed by atoms with Gasteiger partial charge in [-0.25, -0.2) is 18.0 Å². The number of carbonyl (C=O) groups excluding carboxylic acids is 3. The van der Waals surface area contributed by atoms with Gasteiger partial charge in [-0.3, -0.25) is 10.1 Å². The third kappa shape index (κ3) is 6.51. The van der Waals surface area contributed by atoms with Crippen LogP contribution in [0.15, 0.2) is 23.1 Å². The third-order valence-corrected chi connectivity index (χ3v) is 6.58. The van der Waals surface area contributed by atoms with Crippen LogP contribution in [-0.4, -0.2) is 70.6 Å². The van der Waals surface area contributed by atoms with Gasteiger partial charge >= 0.3 is 12.0 Å². The Kier molecular flexibility index (Phi) is 8.75. The maximum absolute atomic E-state index is 12.9. The number of nitrogens with one attached hydrogen (secondary N) is 2. The van der Waals surface area contributed by atoms with Crippen LogP contribution in [0, 0.1) is 6.92 Å². The second-order valence-electron chi connectivity index (χ2n) is 6.82. The highest BCUT2D eigenvalue weighted by atomic mass is 32.2. The highest BCUT2D eigenvalue weighted by Gasteiger charge is 2.28. The van der Waals surface area contributed by atoms with E-state index in [0.29, 0.717) is 18.7 Å². The van der Waals surface area contributed by atoms with Crippen LogP contribution in [-0.2, 0) is 24.3 Å². The minimum Gasteiger partial charge on any atom is -0.452 e. The second kappa shape index (κ2) is 11.0. The number of esters is 1. The van der Waals surface area contributed by atoms with Gasteiger partial charge in [0, 0.05) is 26.7 Å². The van der Waals surface area contributed by atoms with E-state index in [4.69, 9.17) is 9.47 Å². The summed E-state index contributed by atoms with van der Waals surface area (Å²) < 4.78 is 37.0. The van der Waals surface area contributed by atoms with E-state index in [0.717, 1.165) is 19.3 Å². The minimum absolute atomic E-state index is 0.00790. The number of hydrogen-bond donors (Lipinski definition) is 2. The fourth-order valence-corrected chi connectivity index (χ4v) is 4.71. The van der Waals surface area contributed by atoms with Crippen molar-refractivity contribution in [2.45, 2.75) is 31.1 Å². The zero-order valence-corrected chi connectivity index (χ0v) is 17.9. The molecule has 2 N–H and O–H groups in total. The molecular weight excluding hydrogens is 414 g/mol. The number of aryl methyl sites for hydroxylation is 1. The second-order valence-corrected chi connectivity index (χ2v) is 8.72. The van der Waals surface area contributed by atoms with Crippen molar-refractivity contribution < 1.29 is 32.3 Å². The van der Waals surface area contributed by atoms with Gasteiger partial charge in [0.1, 0.15) is 0 Å². The number of nitrogens with zero attached hydrogens (tertiary/aromatic N) is 1. The maximum Gasteiger partial charge on any atom is 0.338 e. The molecule has 2 rings (SSSR count). The predicted molar refractivity (Wildman–Crippen MR) is 107 cm³/mol. The van der Waals surface area contributed by atoms with Gasteiger partial charge in [0.05, 0.1) is 17.1 Å². The monoisotopic (exact) mass is 441 g/mol. The molecule has 0 spiro atoms. The first kappa shape index (κ1) is 23.8. The SMILES string of the molecule is COCCNC(=O)NC(=O)COC(=O)c1ccc(C)c(S(=O)(=O)N2CCCCC2)c1. The Balaban J connectivity index is 1.99. The number of methoxy groups -OCH3 is 1. The van der Waals surface area contributed by atoms with Crippen LogP contribution in [0.1, 0.15) is 35.2 Å². The normalized spacial score (nSPS) is 14.7. The third-order valence-electron chi connectivity index (χ3n) is 4.54. The van der Waals surface area contributed by atoms with Crippen molar-refractivity contribution in [3.8, 4) is 0 Å². The molecule has 1 aliphatic heterocycles. The zero-order valence-electron chi connectivity index (χ0n) is 17.1. The molecule has 0 unspecified atom stereocenters. The molecule has 1 fully saturated rings. The molecule has 3 amide bonds. The van der Waals surface area contributed by atoms with Crippen LogP contribution >= 0.6 is 0 Å². The average Bonchev–Trinajstić information content (AvgIpc) is 2.73. The number of ether oxygens (including phenoxy) is 2. The highest BCUT2D eigenvalue weighted by Crippen LogP contribution is 2.24. The summed E-state index contributed by atoms with van der Waals surface area (Å²) in [6.45, 7) is 2.37. The van der Waals surface area contributed by atoms with E-state index in [1.54, 1.807) is 6.92 Å². The van der Waals surface area contributed by atoms with Crippen molar-refractivity contribution in [3.05, 3.63) is 29.3 Å². The van der Waals surface area contributed by atoms with Crippen LogP contribution < -0.4 is 10.6 Å². The van der Waals surface area contributed by atoms with Gasteiger partial charge < -0.3 is 14.8 Å². The topological polar surface area (TPSA) is 131 Å². The van der Waals surface area contributed by atoms with Crippen molar-refractivity contribution in [2.24, 2.45) is 0 Å². The molecule has 11 heteroatoms. The number of imide groups is 1. The number of sulfonamides is 1. The number of hydrogen-bond acceptors (Lipinski definition) is 7. The average molecular weight is 442 g/mol. The molecule has 0 aliphatic carbocycles. The molecule has 0 saturated carbocycles. The lowest BCUT2D eigenvalue weighted by Gasteiger charge is -2.26. The van der Waals surface area contributed by atoms with Crippen LogP contribution in [0.2, 0.25) is 0 Å². The first-order valence-electron chi connectivity index (χ1n) is 9.60. The fraction of sp³-hybridized carbons (Fsp3) is 0.526. The maximum atomic E-state index is 12.9. The molecule has 0 atom stereocenters. The summed E-state index contributed by atoms with van der Waals surface area (Å²) >= 11 is 0. The molecular formula is C19H27N3O7S. The van der Waals surface area contributed by atoms with Crippen LogP contribution in [0.3, 0.4) is 0 Å². The van der Waals surface area contributed by atoms with Gasteiger partial charge in [-0.1, -0.05) is 12.5 Å². The smallest absolute Gasteiger partial charge is 0.338 e.